The molecule has 0 saturated carbocycles. The van der Waals surface area contributed by atoms with Crippen LogP contribution in [0, 0.1) is 10.1 Å². The molecule has 2 aromatic rings. The molecule has 33 heavy (non-hydrogen) atoms. The Bertz CT molecular complexity index is 1010. The summed E-state index contributed by atoms with van der Waals surface area (Å²) >= 11 is 0. The molecule has 0 aliphatic carbocycles. The Balaban J connectivity index is 2.53. The highest BCUT2D eigenvalue weighted by Crippen LogP contribution is 2.36. The summed E-state index contributed by atoms with van der Waals surface area (Å²) in [5.74, 6) is 1.25. The number of ether oxygens (including phenoxy) is 2. The van der Waals surface area contributed by atoms with Gasteiger partial charge >= 0.3 is 0 Å². The second kappa shape index (κ2) is 13.7. The van der Waals surface area contributed by atoms with E-state index in [0.717, 1.165) is 32.1 Å². The van der Waals surface area contributed by atoms with Crippen LogP contribution in [0.4, 0.5) is 5.69 Å². The van der Waals surface area contributed by atoms with Crippen LogP contribution in [-0.4, -0.2) is 16.1 Å². The lowest BCUT2D eigenvalue weighted by molar-refractivity contribution is -0.384. The number of hydrogen-bond donors (Lipinski definition) is 0. The van der Waals surface area contributed by atoms with Crippen molar-refractivity contribution in [2.45, 2.75) is 92.0 Å². The summed E-state index contributed by atoms with van der Waals surface area (Å²) in [5, 5.41) is 12.0. The van der Waals surface area contributed by atoms with E-state index >= 15 is 0 Å². The predicted molar refractivity (Wildman–Crippen MR) is 133 cm³/mol. The number of allylic oxidation sites excluding steroid dienone is 2. The third-order valence-corrected chi connectivity index (χ3v) is 5.76. The van der Waals surface area contributed by atoms with E-state index in [4.69, 9.17) is 9.47 Å². The Morgan fingerprint density at radius 1 is 1.03 bits per heavy atom. The van der Waals surface area contributed by atoms with E-state index in [0.29, 0.717) is 42.0 Å². The molecule has 182 valence electrons. The van der Waals surface area contributed by atoms with Gasteiger partial charge in [0.25, 0.3) is 11.2 Å². The van der Waals surface area contributed by atoms with Gasteiger partial charge in [0.05, 0.1) is 22.8 Å². The average Bonchev–Trinajstić information content (AvgIpc) is 2.82. The summed E-state index contributed by atoms with van der Waals surface area (Å²) in [7, 11) is 0. The molecule has 0 unspecified atom stereocenters. The highest BCUT2D eigenvalue weighted by atomic mass is 16.6. The number of benzene rings is 1. The first-order valence-electron chi connectivity index (χ1n) is 12.3. The van der Waals surface area contributed by atoms with Gasteiger partial charge in [0.15, 0.2) is 5.75 Å². The maximum atomic E-state index is 13.5. The van der Waals surface area contributed by atoms with Gasteiger partial charge in [-0.25, -0.2) is 0 Å². The van der Waals surface area contributed by atoms with Crippen molar-refractivity contribution < 1.29 is 14.4 Å². The summed E-state index contributed by atoms with van der Waals surface area (Å²) < 4.78 is 13.8. The zero-order valence-electron chi connectivity index (χ0n) is 20.5. The van der Waals surface area contributed by atoms with Gasteiger partial charge in [-0.05, 0) is 31.9 Å². The van der Waals surface area contributed by atoms with Crippen molar-refractivity contribution in [3.63, 3.8) is 0 Å². The minimum atomic E-state index is -0.443. The number of nitro benzene ring substituents is 1. The smallest absolute Gasteiger partial charge is 0.297 e. The monoisotopic (exact) mass is 458 g/mol. The van der Waals surface area contributed by atoms with Crippen LogP contribution < -0.4 is 15.0 Å². The molecule has 2 rings (SSSR count). The number of hydrogen-bond acceptors (Lipinski definition) is 5. The third-order valence-electron chi connectivity index (χ3n) is 5.76. The van der Waals surface area contributed by atoms with E-state index in [1.54, 1.807) is 10.6 Å². The van der Waals surface area contributed by atoms with Gasteiger partial charge in [-0.2, -0.15) is 0 Å². The van der Waals surface area contributed by atoms with E-state index in [-0.39, 0.29) is 17.0 Å². The molecule has 7 nitrogen and oxygen atoms in total. The van der Waals surface area contributed by atoms with E-state index in [9.17, 15) is 14.9 Å². The second-order valence-electron chi connectivity index (χ2n) is 8.25. The molecule has 7 heteroatoms. The lowest BCUT2D eigenvalue weighted by Gasteiger charge is -2.19. The van der Waals surface area contributed by atoms with Crippen molar-refractivity contribution in [3.8, 4) is 11.5 Å². The normalized spacial score (nSPS) is 11.7. The molecular formula is C26H38N2O5. The van der Waals surface area contributed by atoms with Crippen molar-refractivity contribution in [1.82, 2.24) is 4.57 Å². The molecular weight excluding hydrogens is 420 g/mol. The number of aryl methyl sites for hydroxylation is 1. The van der Waals surface area contributed by atoms with Gasteiger partial charge in [-0.15, -0.1) is 0 Å². The minimum absolute atomic E-state index is 0.0550. The van der Waals surface area contributed by atoms with Gasteiger partial charge in [0, 0.05) is 30.5 Å². The van der Waals surface area contributed by atoms with Gasteiger partial charge in [-0.3, -0.25) is 14.9 Å². The number of aromatic nitrogens is 1. The molecule has 1 aromatic carbocycles. The topological polar surface area (TPSA) is 83.6 Å². The van der Waals surface area contributed by atoms with Crippen LogP contribution in [0.2, 0.25) is 0 Å². The van der Waals surface area contributed by atoms with Crippen molar-refractivity contribution in [3.05, 3.63) is 50.5 Å². The van der Waals surface area contributed by atoms with Gasteiger partial charge < -0.3 is 14.0 Å². The summed E-state index contributed by atoms with van der Waals surface area (Å²) in [6.07, 6.45) is 10.9. The Morgan fingerprint density at radius 2 is 1.73 bits per heavy atom. The van der Waals surface area contributed by atoms with E-state index in [2.05, 4.69) is 6.92 Å². The number of unbranched alkanes of at least 4 members (excludes halogenated alkanes) is 6. The van der Waals surface area contributed by atoms with Gasteiger partial charge in [0.2, 0.25) is 5.75 Å². The van der Waals surface area contributed by atoms with Crippen LogP contribution >= 0.6 is 0 Å². The molecule has 0 saturated heterocycles. The van der Waals surface area contributed by atoms with E-state index in [1.807, 2.05) is 26.8 Å². The van der Waals surface area contributed by atoms with Gasteiger partial charge in [-0.1, -0.05) is 59.3 Å². The molecule has 0 spiro atoms. The summed E-state index contributed by atoms with van der Waals surface area (Å²) in [6, 6.07) is 4.56. The summed E-state index contributed by atoms with van der Waals surface area (Å²) in [4.78, 5) is 24.5. The fourth-order valence-electron chi connectivity index (χ4n) is 3.79. The van der Waals surface area contributed by atoms with Crippen molar-refractivity contribution in [1.29, 1.82) is 0 Å². The van der Waals surface area contributed by atoms with Crippen LogP contribution in [0.15, 0.2) is 34.8 Å². The third kappa shape index (κ3) is 7.07. The first-order valence-corrected chi connectivity index (χ1v) is 12.3. The van der Waals surface area contributed by atoms with E-state index < -0.39 is 4.92 Å². The van der Waals surface area contributed by atoms with Crippen LogP contribution in [0.1, 0.15) is 85.5 Å². The average molecular weight is 459 g/mol. The molecule has 1 heterocycles. The number of nitrogens with zero attached hydrogens (tertiary/aromatic N) is 2. The van der Waals surface area contributed by atoms with Crippen LogP contribution in [0.5, 0.6) is 11.5 Å². The summed E-state index contributed by atoms with van der Waals surface area (Å²) in [5.41, 5.74) is 0.140. The lowest BCUT2D eigenvalue weighted by Crippen LogP contribution is -2.24. The zero-order chi connectivity index (χ0) is 24.2. The minimum Gasteiger partial charge on any atom is -0.485 e. The SMILES string of the molecule is CC=C(CC)Oc1c(OCCCCCCCC)c(=O)n(CCCC)c2cc([N+](=O)[O-])ccc12. The Kier molecular flexibility index (Phi) is 10.9. The standard InChI is InChI=1S/C26H38N2O5/c1-5-9-11-12-13-14-18-32-25-24(33-21(7-3)8-4)22-16-15-20(28(30)31)19-23(22)27(26(25)29)17-10-6-2/h7,15-16,19H,5-6,8-14,17-18H2,1-4H3. The largest absolute Gasteiger partial charge is 0.485 e. The molecule has 0 N–H and O–H groups in total. The molecule has 0 amide bonds. The lowest BCUT2D eigenvalue weighted by atomic mass is 10.1. The maximum Gasteiger partial charge on any atom is 0.297 e. The first kappa shape index (κ1) is 26.4. The number of rotatable bonds is 15. The molecule has 0 atom stereocenters. The van der Waals surface area contributed by atoms with Crippen molar-refractivity contribution in [2.24, 2.45) is 0 Å². The predicted octanol–water partition coefficient (Wildman–Crippen LogP) is 7.14. The Labute approximate surface area is 196 Å². The molecule has 0 aliphatic rings. The maximum absolute atomic E-state index is 13.5. The highest BCUT2D eigenvalue weighted by Gasteiger charge is 2.22. The second-order valence-corrected chi connectivity index (χ2v) is 8.25. The summed E-state index contributed by atoms with van der Waals surface area (Å²) in [6.45, 7) is 8.99. The van der Waals surface area contributed by atoms with Gasteiger partial charge in [0.1, 0.15) is 0 Å². The molecule has 0 aliphatic heterocycles. The quantitative estimate of drug-likeness (QED) is 0.123. The van der Waals surface area contributed by atoms with Crippen molar-refractivity contribution in [2.75, 3.05) is 6.61 Å². The highest BCUT2D eigenvalue weighted by molar-refractivity contribution is 5.89. The molecule has 0 bridgehead atoms. The fourth-order valence-corrected chi connectivity index (χ4v) is 3.79. The molecule has 1 aromatic heterocycles. The van der Waals surface area contributed by atoms with Crippen LogP contribution in [-0.2, 0) is 6.54 Å². The number of non-ortho nitro benzene ring substituents is 1. The number of fused-ring (bicyclic) bond motifs is 1. The van der Waals surface area contributed by atoms with Crippen LogP contribution in [0.3, 0.4) is 0 Å². The molecule has 0 fully saturated rings. The number of nitro groups is 1. The zero-order valence-corrected chi connectivity index (χ0v) is 20.5. The van der Waals surface area contributed by atoms with Crippen LogP contribution in [0.25, 0.3) is 10.9 Å². The number of pyridine rings is 1. The Hall–Kier alpha value is -2.83. The van der Waals surface area contributed by atoms with E-state index in [1.165, 1.54) is 31.4 Å². The first-order chi connectivity index (χ1) is 16.0. The Morgan fingerprint density at radius 3 is 2.36 bits per heavy atom. The fraction of sp³-hybridized carbons (Fsp3) is 0.577. The van der Waals surface area contributed by atoms with Crippen molar-refractivity contribution >= 4 is 16.6 Å². The molecule has 0 radical (unpaired) electrons.